The van der Waals surface area contributed by atoms with E-state index in [9.17, 15) is 9.59 Å². The lowest BCUT2D eigenvalue weighted by atomic mass is 9.87. The van der Waals surface area contributed by atoms with Gasteiger partial charge in [-0.05, 0) is 42.8 Å². The fraction of sp³-hybridized carbons (Fsp3) is 0.310. The van der Waals surface area contributed by atoms with Crippen molar-refractivity contribution >= 4 is 11.8 Å². The summed E-state index contributed by atoms with van der Waals surface area (Å²) >= 11 is 0. The number of aryl methyl sites for hydroxylation is 1. The SMILES string of the molecule is COc1ccc([C@H]2CN(C(=O)c3ccc(C)cc3)C[C@H]2C(=O)NCc2ccc3c(c2)OCO3)c(OC)c1. The van der Waals surface area contributed by atoms with Crippen LogP contribution in [0.4, 0.5) is 0 Å². The molecule has 2 amide bonds. The number of hydrogen-bond acceptors (Lipinski definition) is 6. The van der Waals surface area contributed by atoms with Crippen LogP contribution in [0.25, 0.3) is 0 Å². The number of nitrogens with one attached hydrogen (secondary N) is 1. The second-order valence-electron chi connectivity index (χ2n) is 9.30. The number of ether oxygens (including phenoxy) is 4. The molecule has 5 rings (SSSR count). The van der Waals surface area contributed by atoms with Crippen molar-refractivity contribution in [2.75, 3.05) is 34.1 Å². The molecule has 37 heavy (non-hydrogen) atoms. The Bertz CT molecular complexity index is 1310. The van der Waals surface area contributed by atoms with Crippen molar-refractivity contribution in [3.63, 3.8) is 0 Å². The molecule has 1 saturated heterocycles. The zero-order chi connectivity index (χ0) is 25.9. The van der Waals surface area contributed by atoms with Gasteiger partial charge in [0.2, 0.25) is 12.7 Å². The normalized spacial score (nSPS) is 18.0. The van der Waals surface area contributed by atoms with Gasteiger partial charge in [0.25, 0.3) is 5.91 Å². The predicted octanol–water partition coefficient (Wildman–Crippen LogP) is 3.91. The lowest BCUT2D eigenvalue weighted by Gasteiger charge is -2.21. The van der Waals surface area contributed by atoms with E-state index in [2.05, 4.69) is 5.32 Å². The van der Waals surface area contributed by atoms with Crippen molar-refractivity contribution < 1.29 is 28.5 Å². The lowest BCUT2D eigenvalue weighted by Crippen LogP contribution is -2.35. The summed E-state index contributed by atoms with van der Waals surface area (Å²) in [5.74, 6) is 1.74. The summed E-state index contributed by atoms with van der Waals surface area (Å²) in [6.07, 6.45) is 0. The maximum absolute atomic E-state index is 13.5. The molecule has 2 aliphatic heterocycles. The zero-order valence-electron chi connectivity index (χ0n) is 21.2. The fourth-order valence-electron chi connectivity index (χ4n) is 4.93. The van der Waals surface area contributed by atoms with Crippen molar-refractivity contribution in [1.29, 1.82) is 0 Å². The lowest BCUT2D eigenvalue weighted by molar-refractivity contribution is -0.125. The molecule has 3 aromatic carbocycles. The summed E-state index contributed by atoms with van der Waals surface area (Å²) in [6, 6.07) is 18.7. The standard InChI is InChI=1S/C29H30N2O6/c1-18-4-7-20(8-5-18)29(33)31-15-23(22-10-9-21(34-2)13-26(22)35-3)24(16-31)28(32)30-14-19-6-11-25-27(12-19)37-17-36-25/h4-13,23-24H,14-17H2,1-3H3,(H,30,32)/t23-,24-/m1/s1. The maximum Gasteiger partial charge on any atom is 0.253 e. The Morgan fingerprint density at radius 1 is 0.946 bits per heavy atom. The summed E-state index contributed by atoms with van der Waals surface area (Å²) < 4.78 is 21.8. The number of hydrogen-bond donors (Lipinski definition) is 1. The van der Waals surface area contributed by atoms with Crippen LogP contribution in [0, 0.1) is 12.8 Å². The van der Waals surface area contributed by atoms with Crippen LogP contribution in [0.3, 0.4) is 0 Å². The summed E-state index contributed by atoms with van der Waals surface area (Å²) in [5, 5.41) is 3.06. The van der Waals surface area contributed by atoms with Gasteiger partial charge in [0.05, 0.1) is 20.1 Å². The molecule has 0 unspecified atom stereocenters. The van der Waals surface area contributed by atoms with Gasteiger partial charge < -0.3 is 29.2 Å². The van der Waals surface area contributed by atoms with Crippen LogP contribution in [-0.4, -0.2) is 50.8 Å². The Labute approximate surface area is 216 Å². The van der Waals surface area contributed by atoms with E-state index in [0.717, 1.165) is 16.7 Å². The Balaban J connectivity index is 1.39. The molecule has 0 radical (unpaired) electrons. The predicted molar refractivity (Wildman–Crippen MR) is 137 cm³/mol. The largest absolute Gasteiger partial charge is 0.497 e. The highest BCUT2D eigenvalue weighted by atomic mass is 16.7. The highest BCUT2D eigenvalue weighted by Gasteiger charge is 2.41. The molecule has 3 aromatic rings. The number of methoxy groups -OCH3 is 2. The van der Waals surface area contributed by atoms with Crippen LogP contribution >= 0.6 is 0 Å². The van der Waals surface area contributed by atoms with E-state index in [4.69, 9.17) is 18.9 Å². The number of amides is 2. The Kier molecular flexibility index (Phi) is 6.90. The molecule has 0 aromatic heterocycles. The molecule has 8 heteroatoms. The number of benzene rings is 3. The van der Waals surface area contributed by atoms with Gasteiger partial charge >= 0.3 is 0 Å². The Morgan fingerprint density at radius 2 is 1.73 bits per heavy atom. The van der Waals surface area contributed by atoms with Crippen molar-refractivity contribution in [1.82, 2.24) is 10.2 Å². The van der Waals surface area contributed by atoms with Gasteiger partial charge in [-0.3, -0.25) is 9.59 Å². The zero-order valence-corrected chi connectivity index (χ0v) is 21.2. The van der Waals surface area contributed by atoms with Gasteiger partial charge in [-0.2, -0.15) is 0 Å². The summed E-state index contributed by atoms with van der Waals surface area (Å²) in [4.78, 5) is 28.7. The molecule has 0 bridgehead atoms. The van der Waals surface area contributed by atoms with Crippen molar-refractivity contribution in [3.8, 4) is 23.0 Å². The molecule has 0 aliphatic carbocycles. The molecule has 1 N–H and O–H groups in total. The average molecular weight is 503 g/mol. The molecule has 0 saturated carbocycles. The number of rotatable bonds is 7. The first-order valence-corrected chi connectivity index (χ1v) is 12.2. The third-order valence-corrected chi connectivity index (χ3v) is 6.99. The quantitative estimate of drug-likeness (QED) is 0.527. The smallest absolute Gasteiger partial charge is 0.253 e. The van der Waals surface area contributed by atoms with Crippen LogP contribution in [0.5, 0.6) is 23.0 Å². The number of carbonyl (C=O) groups is 2. The molecule has 0 spiro atoms. The average Bonchev–Trinajstić information content (AvgIpc) is 3.58. The summed E-state index contributed by atoms with van der Waals surface area (Å²) in [5.41, 5.74) is 3.46. The molecule has 2 aliphatic rings. The van der Waals surface area contributed by atoms with Crippen LogP contribution in [0.15, 0.2) is 60.7 Å². The fourth-order valence-corrected chi connectivity index (χ4v) is 4.93. The minimum Gasteiger partial charge on any atom is -0.497 e. The van der Waals surface area contributed by atoms with Gasteiger partial charge in [-0.1, -0.05) is 29.8 Å². The topological polar surface area (TPSA) is 86.3 Å². The van der Waals surface area contributed by atoms with Gasteiger partial charge in [0.15, 0.2) is 11.5 Å². The van der Waals surface area contributed by atoms with Crippen LogP contribution < -0.4 is 24.3 Å². The molecular weight excluding hydrogens is 472 g/mol. The third-order valence-electron chi connectivity index (χ3n) is 6.99. The molecular formula is C29H30N2O6. The Morgan fingerprint density at radius 3 is 2.49 bits per heavy atom. The number of carbonyl (C=O) groups excluding carboxylic acids is 2. The minimum absolute atomic E-state index is 0.0939. The van der Waals surface area contributed by atoms with E-state index in [1.807, 2.05) is 61.5 Å². The van der Waals surface area contributed by atoms with Crippen molar-refractivity contribution in [2.45, 2.75) is 19.4 Å². The highest BCUT2D eigenvalue weighted by molar-refractivity contribution is 5.95. The van der Waals surface area contributed by atoms with Crippen LogP contribution in [-0.2, 0) is 11.3 Å². The first-order valence-electron chi connectivity index (χ1n) is 12.2. The number of fused-ring (bicyclic) bond motifs is 1. The Hall–Kier alpha value is -4.20. The maximum atomic E-state index is 13.5. The second-order valence-corrected chi connectivity index (χ2v) is 9.30. The van der Waals surface area contributed by atoms with E-state index in [0.29, 0.717) is 48.2 Å². The van der Waals surface area contributed by atoms with Gasteiger partial charge in [-0.25, -0.2) is 0 Å². The molecule has 8 nitrogen and oxygen atoms in total. The monoisotopic (exact) mass is 502 g/mol. The van der Waals surface area contributed by atoms with E-state index in [-0.39, 0.29) is 24.5 Å². The van der Waals surface area contributed by atoms with Gasteiger partial charge in [0, 0.05) is 42.7 Å². The summed E-state index contributed by atoms with van der Waals surface area (Å²) in [6.45, 7) is 3.22. The second kappa shape index (κ2) is 10.4. The van der Waals surface area contributed by atoms with E-state index >= 15 is 0 Å². The first kappa shape index (κ1) is 24.5. The molecule has 192 valence electrons. The van der Waals surface area contributed by atoms with E-state index in [1.54, 1.807) is 25.2 Å². The molecule has 1 fully saturated rings. The highest BCUT2D eigenvalue weighted by Crippen LogP contribution is 2.40. The molecule has 2 heterocycles. The van der Waals surface area contributed by atoms with E-state index < -0.39 is 5.92 Å². The number of nitrogens with zero attached hydrogens (tertiary/aromatic N) is 1. The number of likely N-dealkylation sites (tertiary alicyclic amines) is 1. The third kappa shape index (κ3) is 5.05. The van der Waals surface area contributed by atoms with Gasteiger partial charge in [-0.15, -0.1) is 0 Å². The van der Waals surface area contributed by atoms with Crippen LogP contribution in [0.1, 0.15) is 33.0 Å². The van der Waals surface area contributed by atoms with Crippen molar-refractivity contribution in [2.24, 2.45) is 5.92 Å². The van der Waals surface area contributed by atoms with E-state index in [1.165, 1.54) is 0 Å². The van der Waals surface area contributed by atoms with Crippen molar-refractivity contribution in [3.05, 3.63) is 82.9 Å². The summed E-state index contributed by atoms with van der Waals surface area (Å²) in [7, 11) is 3.19. The van der Waals surface area contributed by atoms with Gasteiger partial charge in [0.1, 0.15) is 11.5 Å². The first-order chi connectivity index (χ1) is 18.0. The molecule has 2 atom stereocenters. The minimum atomic E-state index is -0.453. The van der Waals surface area contributed by atoms with Crippen LogP contribution in [0.2, 0.25) is 0 Å².